The van der Waals surface area contributed by atoms with E-state index in [2.05, 4.69) is 22.5 Å². The number of hydrogen-bond acceptors (Lipinski definition) is 3. The number of para-hydroxylation sites is 2. The Morgan fingerprint density at radius 1 is 1.30 bits per heavy atom. The Morgan fingerprint density at radius 2 is 2.00 bits per heavy atom. The van der Waals surface area contributed by atoms with Gasteiger partial charge in [-0.15, -0.1) is 0 Å². The number of fused-ring (bicyclic) bond motifs is 1. The lowest BCUT2D eigenvalue weighted by atomic mass is 9.89. The van der Waals surface area contributed by atoms with Gasteiger partial charge in [-0.1, -0.05) is 12.1 Å². The number of carbonyl (C=O) groups excluding carboxylic acids is 1. The summed E-state index contributed by atoms with van der Waals surface area (Å²) in [6.45, 7) is 8.99. The second kappa shape index (κ2) is 5.65. The number of aryl methyl sites for hydroxylation is 1. The van der Waals surface area contributed by atoms with Crippen molar-refractivity contribution in [1.82, 2.24) is 9.55 Å². The molecule has 2 rings (SSSR count). The standard InChI is InChI=1S/C16H22N2O2/c1-5-18-13-10-8-7-9-12(13)17-14(18)11-16(3,4)15(19)20-6-2/h7-10H,5-6,11H2,1-4H3. The van der Waals surface area contributed by atoms with E-state index in [1.54, 1.807) is 0 Å². The maximum atomic E-state index is 12.0. The first-order valence-electron chi connectivity index (χ1n) is 7.11. The number of rotatable bonds is 5. The quantitative estimate of drug-likeness (QED) is 0.786. The van der Waals surface area contributed by atoms with Crippen molar-refractivity contribution >= 4 is 17.0 Å². The van der Waals surface area contributed by atoms with E-state index in [-0.39, 0.29) is 5.97 Å². The number of esters is 1. The summed E-state index contributed by atoms with van der Waals surface area (Å²) in [7, 11) is 0. The summed E-state index contributed by atoms with van der Waals surface area (Å²) >= 11 is 0. The molecule has 2 aromatic rings. The van der Waals surface area contributed by atoms with Crippen LogP contribution >= 0.6 is 0 Å². The summed E-state index contributed by atoms with van der Waals surface area (Å²) in [5.74, 6) is 0.765. The second-order valence-corrected chi connectivity index (χ2v) is 5.54. The minimum absolute atomic E-state index is 0.172. The zero-order valence-electron chi connectivity index (χ0n) is 12.6. The first-order valence-corrected chi connectivity index (χ1v) is 7.11. The molecule has 0 saturated heterocycles. The molecule has 4 nitrogen and oxygen atoms in total. The molecule has 0 saturated carbocycles. The molecule has 0 bridgehead atoms. The smallest absolute Gasteiger partial charge is 0.311 e. The maximum absolute atomic E-state index is 12.0. The van der Waals surface area contributed by atoms with E-state index in [0.717, 1.165) is 23.4 Å². The van der Waals surface area contributed by atoms with Gasteiger partial charge in [-0.2, -0.15) is 0 Å². The fraction of sp³-hybridized carbons (Fsp3) is 0.500. The molecule has 1 aromatic carbocycles. The van der Waals surface area contributed by atoms with E-state index in [4.69, 9.17) is 4.74 Å². The van der Waals surface area contributed by atoms with E-state index >= 15 is 0 Å². The molecule has 108 valence electrons. The average Bonchev–Trinajstić information content (AvgIpc) is 2.75. The Balaban J connectivity index is 2.36. The number of aromatic nitrogens is 2. The molecule has 0 aliphatic heterocycles. The Kier molecular flexibility index (Phi) is 4.12. The van der Waals surface area contributed by atoms with E-state index in [1.165, 1.54) is 0 Å². The third-order valence-electron chi connectivity index (χ3n) is 3.48. The van der Waals surface area contributed by atoms with Gasteiger partial charge in [0, 0.05) is 13.0 Å². The van der Waals surface area contributed by atoms with Crippen LogP contribution in [0.25, 0.3) is 11.0 Å². The molecule has 0 unspecified atom stereocenters. The highest BCUT2D eigenvalue weighted by atomic mass is 16.5. The summed E-state index contributed by atoms with van der Waals surface area (Å²) in [4.78, 5) is 16.7. The van der Waals surface area contributed by atoms with Gasteiger partial charge in [0.2, 0.25) is 0 Å². The van der Waals surface area contributed by atoms with Gasteiger partial charge >= 0.3 is 5.97 Å². The monoisotopic (exact) mass is 274 g/mol. The third kappa shape index (κ3) is 2.69. The number of hydrogen-bond donors (Lipinski definition) is 0. The number of ether oxygens (including phenoxy) is 1. The predicted molar refractivity (Wildman–Crippen MR) is 79.5 cm³/mol. The molecule has 0 aliphatic rings. The fourth-order valence-electron chi connectivity index (χ4n) is 2.41. The Labute approximate surface area is 119 Å². The topological polar surface area (TPSA) is 44.1 Å². The van der Waals surface area contributed by atoms with Gasteiger partial charge in [-0.25, -0.2) is 4.98 Å². The number of nitrogens with zero attached hydrogens (tertiary/aromatic N) is 2. The Hall–Kier alpha value is -1.84. The van der Waals surface area contributed by atoms with Crippen molar-refractivity contribution < 1.29 is 9.53 Å². The number of benzene rings is 1. The van der Waals surface area contributed by atoms with Crippen LogP contribution in [-0.4, -0.2) is 22.1 Å². The molecule has 0 N–H and O–H groups in total. The predicted octanol–water partition coefficient (Wildman–Crippen LogP) is 3.19. The van der Waals surface area contributed by atoms with Gasteiger partial charge < -0.3 is 9.30 Å². The first kappa shape index (κ1) is 14.6. The molecule has 0 atom stereocenters. The summed E-state index contributed by atoms with van der Waals surface area (Å²) in [5, 5.41) is 0. The van der Waals surface area contributed by atoms with Gasteiger partial charge in [-0.3, -0.25) is 4.79 Å². The van der Waals surface area contributed by atoms with E-state index in [0.29, 0.717) is 13.0 Å². The number of imidazole rings is 1. The van der Waals surface area contributed by atoms with Crippen LogP contribution < -0.4 is 0 Å². The molecular formula is C16H22N2O2. The maximum Gasteiger partial charge on any atom is 0.311 e. The van der Waals surface area contributed by atoms with Crippen molar-refractivity contribution in [2.45, 2.75) is 40.7 Å². The van der Waals surface area contributed by atoms with Crippen LogP contribution in [0.5, 0.6) is 0 Å². The van der Waals surface area contributed by atoms with Crippen molar-refractivity contribution in [2.75, 3.05) is 6.61 Å². The Bertz CT molecular complexity index is 614. The molecule has 4 heteroatoms. The fourth-order valence-corrected chi connectivity index (χ4v) is 2.41. The van der Waals surface area contributed by atoms with Crippen molar-refractivity contribution in [3.63, 3.8) is 0 Å². The summed E-state index contributed by atoms with van der Waals surface area (Å²) < 4.78 is 7.31. The summed E-state index contributed by atoms with van der Waals surface area (Å²) in [5.41, 5.74) is 1.53. The normalized spacial score (nSPS) is 11.8. The molecule has 20 heavy (non-hydrogen) atoms. The van der Waals surface area contributed by atoms with Crippen LogP contribution in [0.2, 0.25) is 0 Å². The van der Waals surface area contributed by atoms with Gasteiger partial charge in [-0.05, 0) is 39.8 Å². The van der Waals surface area contributed by atoms with Gasteiger partial charge in [0.15, 0.2) is 0 Å². The zero-order valence-corrected chi connectivity index (χ0v) is 12.6. The first-order chi connectivity index (χ1) is 9.49. The minimum Gasteiger partial charge on any atom is -0.466 e. The molecular weight excluding hydrogens is 252 g/mol. The molecule has 0 fully saturated rings. The second-order valence-electron chi connectivity index (χ2n) is 5.54. The number of carbonyl (C=O) groups is 1. The summed E-state index contributed by atoms with van der Waals surface area (Å²) in [6.07, 6.45) is 0.578. The average molecular weight is 274 g/mol. The molecule has 0 aliphatic carbocycles. The SMILES string of the molecule is CCOC(=O)C(C)(C)Cc1nc2ccccc2n1CC. The largest absolute Gasteiger partial charge is 0.466 e. The van der Waals surface area contributed by atoms with Crippen LogP contribution in [0.3, 0.4) is 0 Å². The highest BCUT2D eigenvalue weighted by Gasteiger charge is 2.31. The van der Waals surface area contributed by atoms with Gasteiger partial charge in [0.1, 0.15) is 5.82 Å². The van der Waals surface area contributed by atoms with Gasteiger partial charge in [0.05, 0.1) is 23.1 Å². The molecule has 0 amide bonds. The minimum atomic E-state index is -0.565. The van der Waals surface area contributed by atoms with Crippen molar-refractivity contribution in [2.24, 2.45) is 5.41 Å². The van der Waals surface area contributed by atoms with Crippen LogP contribution in [0.1, 0.15) is 33.5 Å². The van der Waals surface area contributed by atoms with Crippen LogP contribution in [0.15, 0.2) is 24.3 Å². The van der Waals surface area contributed by atoms with Crippen LogP contribution in [0, 0.1) is 5.41 Å². The van der Waals surface area contributed by atoms with E-state index < -0.39 is 5.41 Å². The molecule has 1 heterocycles. The van der Waals surface area contributed by atoms with Crippen molar-refractivity contribution in [1.29, 1.82) is 0 Å². The van der Waals surface area contributed by atoms with Gasteiger partial charge in [0.25, 0.3) is 0 Å². The summed E-state index contributed by atoms with van der Waals surface area (Å²) in [6, 6.07) is 8.06. The van der Waals surface area contributed by atoms with Crippen LogP contribution in [-0.2, 0) is 22.5 Å². The lowest BCUT2D eigenvalue weighted by Gasteiger charge is -2.22. The molecule has 1 aromatic heterocycles. The molecule has 0 radical (unpaired) electrons. The van der Waals surface area contributed by atoms with Crippen molar-refractivity contribution in [3.8, 4) is 0 Å². The zero-order chi connectivity index (χ0) is 14.8. The van der Waals surface area contributed by atoms with Crippen molar-refractivity contribution in [3.05, 3.63) is 30.1 Å². The van der Waals surface area contributed by atoms with E-state index in [9.17, 15) is 4.79 Å². The Morgan fingerprint density at radius 3 is 2.65 bits per heavy atom. The third-order valence-corrected chi connectivity index (χ3v) is 3.48. The molecule has 0 spiro atoms. The van der Waals surface area contributed by atoms with E-state index in [1.807, 2.05) is 39.0 Å². The highest BCUT2D eigenvalue weighted by Crippen LogP contribution is 2.26. The highest BCUT2D eigenvalue weighted by molar-refractivity contribution is 5.78. The van der Waals surface area contributed by atoms with Crippen LogP contribution in [0.4, 0.5) is 0 Å². The lowest BCUT2D eigenvalue weighted by Crippen LogP contribution is -2.30. The lowest BCUT2D eigenvalue weighted by molar-refractivity contribution is -0.153.